The normalized spacial score (nSPS) is 15.1. The number of carbonyl (C=O) groups excluding carboxylic acids is 2. The molecule has 0 fully saturated rings. The summed E-state index contributed by atoms with van der Waals surface area (Å²) in [5.41, 5.74) is 1.67. The number of aromatic nitrogens is 2. The van der Waals surface area contributed by atoms with Crippen molar-refractivity contribution in [2.75, 3.05) is 20.3 Å². The summed E-state index contributed by atoms with van der Waals surface area (Å²) in [6.45, 7) is 6.35. The van der Waals surface area contributed by atoms with Crippen molar-refractivity contribution in [1.82, 2.24) is 15.1 Å². The molecule has 1 amide bonds. The molecule has 1 aromatic carbocycles. The van der Waals surface area contributed by atoms with Crippen LogP contribution in [0.3, 0.4) is 0 Å². The Morgan fingerprint density at radius 2 is 2.10 bits per heavy atom. The standard InChI is InChI=1S/C20H24N4O5/c1-12-18-16(10-20(2,3)11-17(18)25)23(22-12)14-6-5-13(9-15(14)24(27)28)19(26)21-7-8-29-4/h5-6,9H,7-8,10-11H2,1-4H3,(H,21,26). The summed E-state index contributed by atoms with van der Waals surface area (Å²) in [6.07, 6.45) is 0.987. The molecule has 3 rings (SSSR count). The summed E-state index contributed by atoms with van der Waals surface area (Å²) in [6, 6.07) is 4.25. The van der Waals surface area contributed by atoms with Gasteiger partial charge in [-0.15, -0.1) is 0 Å². The van der Waals surface area contributed by atoms with E-state index in [4.69, 9.17) is 4.74 Å². The van der Waals surface area contributed by atoms with Gasteiger partial charge in [-0.05, 0) is 30.9 Å². The highest BCUT2D eigenvalue weighted by molar-refractivity contribution is 6.00. The zero-order valence-corrected chi connectivity index (χ0v) is 16.9. The van der Waals surface area contributed by atoms with Crippen molar-refractivity contribution in [3.05, 3.63) is 50.8 Å². The van der Waals surface area contributed by atoms with Crippen molar-refractivity contribution in [1.29, 1.82) is 0 Å². The second kappa shape index (κ2) is 7.75. The van der Waals surface area contributed by atoms with Gasteiger partial charge in [0.2, 0.25) is 0 Å². The molecule has 0 saturated carbocycles. The Morgan fingerprint density at radius 3 is 2.76 bits per heavy atom. The maximum Gasteiger partial charge on any atom is 0.295 e. The minimum atomic E-state index is -0.541. The number of benzene rings is 1. The first-order valence-electron chi connectivity index (χ1n) is 9.32. The monoisotopic (exact) mass is 400 g/mol. The second-order valence-electron chi connectivity index (χ2n) is 7.97. The SMILES string of the molecule is COCCNC(=O)c1ccc(-n2nc(C)c3c2CC(C)(C)CC3=O)c([N+](=O)[O-])c1. The third-order valence-electron chi connectivity index (χ3n) is 4.97. The zero-order valence-electron chi connectivity index (χ0n) is 16.9. The van der Waals surface area contributed by atoms with E-state index >= 15 is 0 Å². The maximum absolute atomic E-state index is 12.6. The quantitative estimate of drug-likeness (QED) is 0.453. The van der Waals surface area contributed by atoms with Gasteiger partial charge in [-0.2, -0.15) is 5.10 Å². The van der Waals surface area contributed by atoms with E-state index in [9.17, 15) is 19.7 Å². The van der Waals surface area contributed by atoms with Gasteiger partial charge in [0, 0.05) is 31.7 Å². The Balaban J connectivity index is 2.06. The number of amides is 1. The summed E-state index contributed by atoms with van der Waals surface area (Å²) in [4.78, 5) is 36.1. The number of nitrogens with zero attached hydrogens (tertiary/aromatic N) is 3. The van der Waals surface area contributed by atoms with Crippen LogP contribution in [0, 0.1) is 22.5 Å². The lowest BCUT2D eigenvalue weighted by molar-refractivity contribution is -0.384. The molecule has 9 heteroatoms. The van der Waals surface area contributed by atoms with Gasteiger partial charge in [0.1, 0.15) is 5.69 Å². The number of methoxy groups -OCH3 is 1. The Bertz CT molecular complexity index is 993. The molecule has 0 unspecified atom stereocenters. The predicted octanol–water partition coefficient (Wildman–Crippen LogP) is 2.62. The van der Waals surface area contributed by atoms with Crippen molar-refractivity contribution in [2.45, 2.75) is 33.6 Å². The molecule has 1 heterocycles. The molecule has 0 aliphatic heterocycles. The third-order valence-corrected chi connectivity index (χ3v) is 4.97. The molecule has 1 aliphatic rings. The minimum absolute atomic E-state index is 0.00297. The maximum atomic E-state index is 12.6. The molecule has 0 radical (unpaired) electrons. The summed E-state index contributed by atoms with van der Waals surface area (Å²) in [5, 5.41) is 18.8. The third kappa shape index (κ3) is 4.04. The summed E-state index contributed by atoms with van der Waals surface area (Å²) < 4.78 is 6.37. The van der Waals surface area contributed by atoms with Crippen LogP contribution in [0.1, 0.15) is 52.4 Å². The lowest BCUT2D eigenvalue weighted by atomic mass is 9.75. The van der Waals surface area contributed by atoms with Crippen LogP contribution in [0.15, 0.2) is 18.2 Å². The number of nitro groups is 1. The van der Waals surface area contributed by atoms with Gasteiger partial charge in [0.25, 0.3) is 11.6 Å². The van der Waals surface area contributed by atoms with Gasteiger partial charge in [0.05, 0.1) is 28.5 Å². The van der Waals surface area contributed by atoms with Gasteiger partial charge in [-0.1, -0.05) is 13.8 Å². The van der Waals surface area contributed by atoms with Gasteiger partial charge < -0.3 is 10.1 Å². The number of ketones is 1. The van der Waals surface area contributed by atoms with Crippen LogP contribution in [-0.2, 0) is 11.2 Å². The van der Waals surface area contributed by atoms with Crippen molar-refractivity contribution in [2.24, 2.45) is 5.41 Å². The number of rotatable bonds is 6. The number of carbonyl (C=O) groups is 2. The van der Waals surface area contributed by atoms with Crippen LogP contribution in [0.4, 0.5) is 5.69 Å². The molecular formula is C20H24N4O5. The smallest absolute Gasteiger partial charge is 0.295 e. The molecule has 1 aliphatic carbocycles. The average molecular weight is 400 g/mol. The number of fused-ring (bicyclic) bond motifs is 1. The van der Waals surface area contributed by atoms with Crippen LogP contribution >= 0.6 is 0 Å². The average Bonchev–Trinajstić information content (AvgIpc) is 2.96. The molecule has 0 atom stereocenters. The minimum Gasteiger partial charge on any atom is -0.383 e. The highest BCUT2D eigenvalue weighted by Gasteiger charge is 2.36. The van der Waals surface area contributed by atoms with Crippen molar-refractivity contribution in [3.8, 4) is 5.69 Å². The summed E-state index contributed by atoms with van der Waals surface area (Å²) >= 11 is 0. The summed E-state index contributed by atoms with van der Waals surface area (Å²) in [7, 11) is 1.52. The van der Waals surface area contributed by atoms with Crippen molar-refractivity contribution >= 4 is 17.4 Å². The lowest BCUT2D eigenvalue weighted by Crippen LogP contribution is -2.28. The number of nitro benzene ring substituents is 1. The second-order valence-corrected chi connectivity index (χ2v) is 7.97. The lowest BCUT2D eigenvalue weighted by Gasteiger charge is -2.29. The van der Waals surface area contributed by atoms with Crippen molar-refractivity contribution < 1.29 is 19.2 Å². The number of Topliss-reactive ketones (excluding diaryl/α,β-unsaturated/α-hetero) is 1. The molecule has 29 heavy (non-hydrogen) atoms. The van der Waals surface area contributed by atoms with Gasteiger partial charge in [-0.25, -0.2) is 4.68 Å². The van der Waals surface area contributed by atoms with E-state index in [-0.39, 0.29) is 28.1 Å². The topological polar surface area (TPSA) is 116 Å². The van der Waals surface area contributed by atoms with Crippen LogP contribution in [-0.4, -0.2) is 46.7 Å². The van der Waals surface area contributed by atoms with Crippen LogP contribution in [0.25, 0.3) is 5.69 Å². The van der Waals surface area contributed by atoms with E-state index in [0.717, 1.165) is 0 Å². The van der Waals surface area contributed by atoms with E-state index in [1.807, 2.05) is 13.8 Å². The first-order chi connectivity index (χ1) is 13.6. The molecule has 2 aromatic rings. The molecule has 1 aromatic heterocycles. The van der Waals surface area contributed by atoms with Crippen LogP contribution in [0.2, 0.25) is 0 Å². The Labute approximate surface area is 168 Å². The highest BCUT2D eigenvalue weighted by Crippen LogP contribution is 2.38. The fourth-order valence-electron chi connectivity index (χ4n) is 3.70. The largest absolute Gasteiger partial charge is 0.383 e. The molecular weight excluding hydrogens is 376 g/mol. The van der Waals surface area contributed by atoms with Crippen molar-refractivity contribution in [3.63, 3.8) is 0 Å². The fourth-order valence-corrected chi connectivity index (χ4v) is 3.70. The van der Waals surface area contributed by atoms with Crippen LogP contribution < -0.4 is 5.32 Å². The van der Waals surface area contributed by atoms with Crippen LogP contribution in [0.5, 0.6) is 0 Å². The summed E-state index contributed by atoms with van der Waals surface area (Å²) in [5.74, 6) is -0.427. The predicted molar refractivity (Wildman–Crippen MR) is 106 cm³/mol. The first-order valence-corrected chi connectivity index (χ1v) is 9.32. The van der Waals surface area contributed by atoms with E-state index < -0.39 is 10.8 Å². The number of ether oxygens (including phenoxy) is 1. The van der Waals surface area contributed by atoms with Gasteiger partial charge >= 0.3 is 0 Å². The highest BCUT2D eigenvalue weighted by atomic mass is 16.6. The molecule has 0 spiro atoms. The van der Waals surface area contributed by atoms with E-state index in [1.165, 1.54) is 30.0 Å². The fraction of sp³-hybridized carbons (Fsp3) is 0.450. The van der Waals surface area contributed by atoms with Gasteiger partial charge in [0.15, 0.2) is 5.78 Å². The Morgan fingerprint density at radius 1 is 1.38 bits per heavy atom. The van der Waals surface area contributed by atoms with E-state index in [0.29, 0.717) is 42.9 Å². The Hall–Kier alpha value is -3.07. The number of hydrogen-bond donors (Lipinski definition) is 1. The molecule has 9 nitrogen and oxygen atoms in total. The molecule has 1 N–H and O–H groups in total. The molecule has 154 valence electrons. The number of aryl methyl sites for hydroxylation is 1. The molecule has 0 saturated heterocycles. The Kier molecular flexibility index (Phi) is 5.52. The zero-order chi connectivity index (χ0) is 21.3. The number of nitrogens with one attached hydrogen (secondary N) is 1. The molecule has 0 bridgehead atoms. The van der Waals surface area contributed by atoms with E-state index in [2.05, 4.69) is 10.4 Å². The van der Waals surface area contributed by atoms with E-state index in [1.54, 1.807) is 6.92 Å². The van der Waals surface area contributed by atoms with Gasteiger partial charge in [-0.3, -0.25) is 19.7 Å². The number of hydrogen-bond acceptors (Lipinski definition) is 6. The first kappa shape index (κ1) is 20.7.